The second kappa shape index (κ2) is 7.61. The first-order chi connectivity index (χ1) is 11.3. The van der Waals surface area contributed by atoms with Gasteiger partial charge >= 0.3 is 5.97 Å². The summed E-state index contributed by atoms with van der Waals surface area (Å²) in [5, 5.41) is 11.0. The van der Waals surface area contributed by atoms with Crippen molar-refractivity contribution in [1.29, 1.82) is 0 Å². The van der Waals surface area contributed by atoms with Gasteiger partial charge in [-0.25, -0.2) is 4.79 Å². The van der Waals surface area contributed by atoms with Crippen LogP contribution in [-0.4, -0.2) is 37.5 Å². The van der Waals surface area contributed by atoms with Gasteiger partial charge in [-0.3, -0.25) is 14.2 Å². The zero-order valence-electron chi connectivity index (χ0n) is 14.0. The maximum Gasteiger partial charge on any atom is 0.361 e. The lowest BCUT2D eigenvalue weighted by Crippen LogP contribution is -2.25. The van der Waals surface area contributed by atoms with Crippen LogP contribution in [0.4, 0.5) is 5.69 Å². The molecule has 2 aromatic heterocycles. The molecule has 1 amide bonds. The highest BCUT2D eigenvalue weighted by Gasteiger charge is 2.23. The molecule has 0 aliphatic carbocycles. The van der Waals surface area contributed by atoms with Gasteiger partial charge in [-0.15, -0.1) is 0 Å². The van der Waals surface area contributed by atoms with E-state index in [0.29, 0.717) is 12.2 Å². The molecule has 0 bridgehead atoms. The zero-order valence-corrected chi connectivity index (χ0v) is 15.6. The van der Waals surface area contributed by atoms with Crippen LogP contribution in [0.2, 0.25) is 0 Å². The molecule has 0 aromatic carbocycles. The molecule has 24 heavy (non-hydrogen) atoms. The minimum absolute atomic E-state index is 0.0905. The van der Waals surface area contributed by atoms with E-state index in [2.05, 4.69) is 31.4 Å². The number of hydrogen-bond acceptors (Lipinski definition) is 5. The Morgan fingerprint density at radius 1 is 1.33 bits per heavy atom. The molecule has 8 nitrogen and oxygen atoms in total. The van der Waals surface area contributed by atoms with E-state index in [9.17, 15) is 9.59 Å². The highest BCUT2D eigenvalue weighted by Crippen LogP contribution is 2.19. The van der Waals surface area contributed by atoms with Gasteiger partial charge in [0.25, 0.3) is 0 Å². The molecule has 130 valence electrons. The van der Waals surface area contributed by atoms with E-state index in [-0.39, 0.29) is 17.7 Å². The molecule has 9 heteroatoms. The predicted molar refractivity (Wildman–Crippen MR) is 91.7 cm³/mol. The first-order valence-corrected chi connectivity index (χ1v) is 8.40. The molecule has 2 rings (SSSR count). The molecule has 0 saturated carbocycles. The zero-order chi connectivity index (χ0) is 17.9. The molecule has 0 saturated heterocycles. The third-order valence-electron chi connectivity index (χ3n) is 3.23. The number of nitrogens with zero attached hydrogens (tertiary/aromatic N) is 4. The van der Waals surface area contributed by atoms with Crippen LogP contribution in [0, 0.1) is 0 Å². The Labute approximate surface area is 148 Å². The van der Waals surface area contributed by atoms with Crippen molar-refractivity contribution in [2.24, 2.45) is 0 Å². The summed E-state index contributed by atoms with van der Waals surface area (Å²) in [4.78, 5) is 24.6. The highest BCUT2D eigenvalue weighted by molar-refractivity contribution is 9.10. The van der Waals surface area contributed by atoms with Crippen molar-refractivity contribution in [3.8, 4) is 0 Å². The van der Waals surface area contributed by atoms with Crippen LogP contribution >= 0.6 is 15.9 Å². The third-order valence-corrected chi connectivity index (χ3v) is 3.64. The Morgan fingerprint density at radius 3 is 2.58 bits per heavy atom. The molecular weight excluding hydrogens is 378 g/mol. The fourth-order valence-corrected chi connectivity index (χ4v) is 2.28. The van der Waals surface area contributed by atoms with Gasteiger partial charge < -0.3 is 10.1 Å². The van der Waals surface area contributed by atoms with E-state index >= 15 is 0 Å². The third kappa shape index (κ3) is 4.22. The topological polar surface area (TPSA) is 91.0 Å². The number of aromatic nitrogens is 4. The number of hydrogen-bond donors (Lipinski definition) is 1. The molecule has 0 fully saturated rings. The smallest absolute Gasteiger partial charge is 0.361 e. The number of amides is 1. The van der Waals surface area contributed by atoms with Crippen molar-refractivity contribution in [3.05, 3.63) is 28.8 Å². The van der Waals surface area contributed by atoms with Crippen molar-refractivity contribution in [1.82, 2.24) is 19.6 Å². The Kier molecular flexibility index (Phi) is 5.76. The number of halogens is 1. The van der Waals surface area contributed by atoms with Crippen LogP contribution in [0.25, 0.3) is 0 Å². The standard InChI is InChI=1S/C15H20BrN5O3/c1-5-20-8-12(13(19-20)15(23)24-9(2)3)18-14(22)10(4)21-7-11(16)6-17-21/h6-10H,5H2,1-4H3,(H,18,22). The molecule has 1 atom stereocenters. The molecule has 0 aliphatic rings. The lowest BCUT2D eigenvalue weighted by molar-refractivity contribution is -0.119. The van der Waals surface area contributed by atoms with Gasteiger partial charge in [0, 0.05) is 18.9 Å². The Hall–Kier alpha value is -2.16. The number of nitrogens with one attached hydrogen (secondary N) is 1. The average molecular weight is 398 g/mol. The summed E-state index contributed by atoms with van der Waals surface area (Å²) < 4.78 is 9.05. The molecule has 1 unspecified atom stereocenters. The molecule has 0 radical (unpaired) electrons. The van der Waals surface area contributed by atoms with Crippen LogP contribution in [-0.2, 0) is 16.1 Å². The lowest BCUT2D eigenvalue weighted by Gasteiger charge is -2.12. The minimum atomic E-state index is -0.568. The van der Waals surface area contributed by atoms with Crippen LogP contribution in [0.3, 0.4) is 0 Å². The second-order valence-corrected chi connectivity index (χ2v) is 6.42. The quantitative estimate of drug-likeness (QED) is 0.756. The monoisotopic (exact) mass is 397 g/mol. The van der Waals surface area contributed by atoms with Crippen molar-refractivity contribution < 1.29 is 14.3 Å². The summed E-state index contributed by atoms with van der Waals surface area (Å²) in [7, 11) is 0. The molecular formula is C15H20BrN5O3. The molecule has 0 aliphatic heterocycles. The molecule has 2 aromatic rings. The van der Waals surface area contributed by atoms with Crippen molar-refractivity contribution in [2.45, 2.75) is 46.4 Å². The van der Waals surface area contributed by atoms with Crippen LogP contribution in [0.5, 0.6) is 0 Å². The largest absolute Gasteiger partial charge is 0.458 e. The number of carbonyl (C=O) groups excluding carboxylic acids is 2. The number of rotatable bonds is 6. The van der Waals surface area contributed by atoms with Crippen LogP contribution in [0.15, 0.2) is 23.1 Å². The van der Waals surface area contributed by atoms with Gasteiger partial charge in [0.1, 0.15) is 6.04 Å². The van der Waals surface area contributed by atoms with Gasteiger partial charge in [-0.2, -0.15) is 10.2 Å². The van der Waals surface area contributed by atoms with Crippen molar-refractivity contribution in [2.75, 3.05) is 5.32 Å². The normalized spacial score (nSPS) is 12.2. The summed E-state index contributed by atoms with van der Waals surface area (Å²) in [5.41, 5.74) is 0.415. The maximum absolute atomic E-state index is 12.4. The lowest BCUT2D eigenvalue weighted by atomic mass is 10.3. The first kappa shape index (κ1) is 18.2. The van der Waals surface area contributed by atoms with Crippen molar-refractivity contribution >= 4 is 33.5 Å². The summed E-state index contributed by atoms with van der Waals surface area (Å²) in [5.74, 6) is -0.873. The van der Waals surface area contributed by atoms with Gasteiger partial charge in [0.05, 0.1) is 22.5 Å². The van der Waals surface area contributed by atoms with Gasteiger partial charge in [0.15, 0.2) is 5.69 Å². The summed E-state index contributed by atoms with van der Waals surface area (Å²) in [6, 6.07) is -0.546. The Balaban J connectivity index is 2.20. The Bertz CT molecular complexity index is 737. The van der Waals surface area contributed by atoms with Gasteiger partial charge in [-0.1, -0.05) is 0 Å². The van der Waals surface area contributed by atoms with Crippen molar-refractivity contribution in [3.63, 3.8) is 0 Å². The maximum atomic E-state index is 12.4. The number of aryl methyl sites for hydroxylation is 1. The summed E-state index contributed by atoms with van der Waals surface area (Å²) in [6.45, 7) is 7.68. The van der Waals surface area contributed by atoms with E-state index in [1.165, 1.54) is 4.68 Å². The van der Waals surface area contributed by atoms with E-state index in [4.69, 9.17) is 4.74 Å². The fraction of sp³-hybridized carbons (Fsp3) is 0.467. The number of anilines is 1. The van der Waals surface area contributed by atoms with Gasteiger partial charge in [-0.05, 0) is 43.6 Å². The van der Waals surface area contributed by atoms with E-state index in [1.54, 1.807) is 44.0 Å². The number of ether oxygens (including phenoxy) is 1. The number of esters is 1. The summed E-state index contributed by atoms with van der Waals surface area (Å²) in [6.07, 6.45) is 4.64. The fourth-order valence-electron chi connectivity index (χ4n) is 1.98. The van der Waals surface area contributed by atoms with Gasteiger partial charge in [0.2, 0.25) is 5.91 Å². The first-order valence-electron chi connectivity index (χ1n) is 7.60. The summed E-state index contributed by atoms with van der Waals surface area (Å²) >= 11 is 3.29. The number of carbonyl (C=O) groups is 2. The van der Waals surface area contributed by atoms with Crippen LogP contribution < -0.4 is 5.32 Å². The minimum Gasteiger partial charge on any atom is -0.458 e. The van der Waals surface area contributed by atoms with E-state index in [1.807, 2.05) is 6.92 Å². The average Bonchev–Trinajstić information content (AvgIpc) is 3.12. The van der Waals surface area contributed by atoms with E-state index < -0.39 is 12.0 Å². The Morgan fingerprint density at radius 2 is 2.04 bits per heavy atom. The van der Waals surface area contributed by atoms with Crippen LogP contribution in [0.1, 0.15) is 44.2 Å². The molecule has 1 N–H and O–H groups in total. The van der Waals surface area contributed by atoms with E-state index in [0.717, 1.165) is 4.47 Å². The SMILES string of the molecule is CCn1cc(NC(=O)C(C)n2cc(Br)cn2)c(C(=O)OC(C)C)n1. The highest BCUT2D eigenvalue weighted by atomic mass is 79.9. The molecule has 0 spiro atoms. The predicted octanol–water partition coefficient (Wildman–Crippen LogP) is 2.63. The second-order valence-electron chi connectivity index (χ2n) is 5.50. The molecule has 2 heterocycles.